The summed E-state index contributed by atoms with van der Waals surface area (Å²) in [4.78, 5) is 11.8. The lowest BCUT2D eigenvalue weighted by Gasteiger charge is -2.41. The molecule has 17 heavy (non-hydrogen) atoms. The number of carbonyl (C=O) groups excluding carboxylic acids is 1. The van der Waals surface area contributed by atoms with Gasteiger partial charge in [0.25, 0.3) is 0 Å². The zero-order valence-electron chi connectivity index (χ0n) is 11.2. The summed E-state index contributed by atoms with van der Waals surface area (Å²) < 4.78 is 5.16. The van der Waals surface area contributed by atoms with Gasteiger partial charge in [-0.3, -0.25) is 4.79 Å². The predicted octanol–water partition coefficient (Wildman–Crippen LogP) is 3.49. The number of fused-ring (bicyclic) bond motifs is 1. The van der Waals surface area contributed by atoms with Crippen LogP contribution in [-0.4, -0.2) is 12.9 Å². The third-order valence-electron chi connectivity index (χ3n) is 4.41. The van der Waals surface area contributed by atoms with Crippen molar-refractivity contribution in [2.75, 3.05) is 7.11 Å². The van der Waals surface area contributed by atoms with Crippen LogP contribution in [0.3, 0.4) is 0 Å². The third kappa shape index (κ3) is 2.18. The number of carbonyl (C=O) groups is 1. The monoisotopic (exact) mass is 234 g/mol. The highest BCUT2D eigenvalue weighted by Gasteiger charge is 2.38. The topological polar surface area (TPSA) is 26.3 Å². The quantitative estimate of drug-likeness (QED) is 0.731. The van der Waals surface area contributed by atoms with Crippen molar-refractivity contribution < 1.29 is 9.53 Å². The lowest BCUT2D eigenvalue weighted by molar-refractivity contribution is -0.114. The van der Waals surface area contributed by atoms with Gasteiger partial charge in [0, 0.05) is 5.41 Å². The largest absolute Gasteiger partial charge is 0.493 e. The number of rotatable bonds is 2. The fourth-order valence-corrected chi connectivity index (χ4v) is 2.97. The maximum atomic E-state index is 11.8. The Balaban J connectivity index is 2.26. The fourth-order valence-electron chi connectivity index (χ4n) is 2.97. The van der Waals surface area contributed by atoms with Gasteiger partial charge in [-0.25, -0.2) is 0 Å². The third-order valence-corrected chi connectivity index (χ3v) is 4.41. The Labute approximate surface area is 104 Å². The molecule has 1 fully saturated rings. The van der Waals surface area contributed by atoms with Gasteiger partial charge in [-0.2, -0.15) is 0 Å². The van der Waals surface area contributed by atoms with E-state index in [0.717, 1.165) is 18.8 Å². The van der Waals surface area contributed by atoms with Crippen molar-refractivity contribution in [2.24, 2.45) is 17.3 Å². The van der Waals surface area contributed by atoms with Crippen molar-refractivity contribution in [1.82, 2.24) is 0 Å². The van der Waals surface area contributed by atoms with Crippen molar-refractivity contribution in [3.05, 3.63) is 23.5 Å². The number of hydrogen-bond donors (Lipinski definition) is 0. The number of ketones is 1. The molecule has 0 bridgehead atoms. The van der Waals surface area contributed by atoms with E-state index in [4.69, 9.17) is 4.74 Å². The lowest BCUT2D eigenvalue weighted by Crippen LogP contribution is -2.31. The van der Waals surface area contributed by atoms with E-state index in [-0.39, 0.29) is 11.2 Å². The van der Waals surface area contributed by atoms with Crippen LogP contribution >= 0.6 is 0 Å². The molecular weight excluding hydrogens is 212 g/mol. The summed E-state index contributed by atoms with van der Waals surface area (Å²) in [5.74, 6) is 1.96. The molecular formula is C15H22O2. The van der Waals surface area contributed by atoms with Gasteiger partial charge in [0.05, 0.1) is 7.11 Å². The molecule has 0 N–H and O–H groups in total. The molecule has 1 saturated carbocycles. The minimum Gasteiger partial charge on any atom is -0.493 e. The average Bonchev–Trinajstić information content (AvgIpc) is 2.28. The molecule has 2 aliphatic rings. The van der Waals surface area contributed by atoms with E-state index in [1.165, 1.54) is 12.0 Å². The van der Waals surface area contributed by atoms with Crippen LogP contribution in [0.25, 0.3) is 0 Å². The van der Waals surface area contributed by atoms with Gasteiger partial charge in [0.1, 0.15) is 0 Å². The first-order valence-corrected chi connectivity index (χ1v) is 6.48. The second-order valence-corrected chi connectivity index (χ2v) is 5.91. The summed E-state index contributed by atoms with van der Waals surface area (Å²) in [5, 5.41) is 0. The van der Waals surface area contributed by atoms with Gasteiger partial charge in [0.2, 0.25) is 5.78 Å². The summed E-state index contributed by atoms with van der Waals surface area (Å²) in [5.41, 5.74) is 1.35. The minimum absolute atomic E-state index is 0.0318. The van der Waals surface area contributed by atoms with Gasteiger partial charge in [-0.1, -0.05) is 26.3 Å². The van der Waals surface area contributed by atoms with E-state index in [0.29, 0.717) is 11.7 Å². The van der Waals surface area contributed by atoms with Gasteiger partial charge in [-0.05, 0) is 43.3 Å². The van der Waals surface area contributed by atoms with Crippen LogP contribution < -0.4 is 0 Å². The number of allylic oxidation sites excluding steroid dienone is 3. The summed E-state index contributed by atoms with van der Waals surface area (Å²) >= 11 is 0. The molecule has 2 heteroatoms. The van der Waals surface area contributed by atoms with Crippen LogP contribution in [0.15, 0.2) is 23.5 Å². The maximum absolute atomic E-state index is 11.8. The Morgan fingerprint density at radius 2 is 2.18 bits per heavy atom. The molecule has 0 aromatic carbocycles. The molecule has 94 valence electrons. The molecule has 0 unspecified atom stereocenters. The first kappa shape index (κ1) is 12.4. The second-order valence-electron chi connectivity index (χ2n) is 5.91. The van der Waals surface area contributed by atoms with E-state index >= 15 is 0 Å². The molecule has 0 heterocycles. The average molecular weight is 234 g/mol. The summed E-state index contributed by atoms with van der Waals surface area (Å²) in [6.45, 7) is 6.77. The SMILES string of the molecule is COC1=C[C@@]2(C)CC[C@H](C(C)C)CC2=CC1=O. The molecule has 0 radical (unpaired) electrons. The van der Waals surface area contributed by atoms with E-state index in [9.17, 15) is 4.79 Å². The molecule has 2 rings (SSSR count). The lowest BCUT2D eigenvalue weighted by atomic mass is 9.64. The number of hydrogen-bond acceptors (Lipinski definition) is 2. The molecule has 0 aromatic heterocycles. The zero-order valence-corrected chi connectivity index (χ0v) is 11.2. The zero-order chi connectivity index (χ0) is 12.6. The van der Waals surface area contributed by atoms with Crippen molar-refractivity contribution in [3.63, 3.8) is 0 Å². The van der Waals surface area contributed by atoms with Gasteiger partial charge in [-0.15, -0.1) is 0 Å². The van der Waals surface area contributed by atoms with Crippen LogP contribution in [0.1, 0.15) is 40.0 Å². The van der Waals surface area contributed by atoms with Crippen molar-refractivity contribution >= 4 is 5.78 Å². The summed E-state index contributed by atoms with van der Waals surface area (Å²) in [7, 11) is 1.58. The minimum atomic E-state index is 0.0318. The Kier molecular flexibility index (Phi) is 3.15. The molecule has 2 aliphatic carbocycles. The van der Waals surface area contributed by atoms with Crippen LogP contribution in [0.4, 0.5) is 0 Å². The Morgan fingerprint density at radius 3 is 2.76 bits per heavy atom. The maximum Gasteiger partial charge on any atom is 0.220 e. The molecule has 2 atom stereocenters. The highest BCUT2D eigenvalue weighted by molar-refractivity contribution is 6.04. The molecule has 0 aliphatic heterocycles. The Bertz CT molecular complexity index is 390. The van der Waals surface area contributed by atoms with Crippen LogP contribution in [0.5, 0.6) is 0 Å². The molecule has 0 spiro atoms. The first-order chi connectivity index (χ1) is 7.96. The van der Waals surface area contributed by atoms with E-state index < -0.39 is 0 Å². The fraction of sp³-hybridized carbons (Fsp3) is 0.667. The smallest absolute Gasteiger partial charge is 0.220 e. The second kappa shape index (κ2) is 4.32. The van der Waals surface area contributed by atoms with Crippen LogP contribution in [0.2, 0.25) is 0 Å². The van der Waals surface area contributed by atoms with Crippen molar-refractivity contribution in [2.45, 2.75) is 40.0 Å². The summed E-state index contributed by atoms with van der Waals surface area (Å²) in [6.07, 6.45) is 7.27. The van der Waals surface area contributed by atoms with Crippen molar-refractivity contribution in [3.8, 4) is 0 Å². The standard InChI is InChI=1S/C15H22O2/c1-10(2)11-5-6-15(3)9-14(17-4)13(16)8-12(15)7-11/h8-11H,5-7H2,1-4H3/t11-,15+/m0/s1. The van der Waals surface area contributed by atoms with Gasteiger partial charge < -0.3 is 4.74 Å². The van der Waals surface area contributed by atoms with E-state index in [2.05, 4.69) is 20.8 Å². The number of methoxy groups -OCH3 is 1. The highest BCUT2D eigenvalue weighted by Crippen LogP contribution is 2.48. The van der Waals surface area contributed by atoms with Gasteiger partial charge in [0.15, 0.2) is 5.76 Å². The van der Waals surface area contributed by atoms with Crippen LogP contribution in [0, 0.1) is 17.3 Å². The molecule has 0 aromatic rings. The Hall–Kier alpha value is -1.05. The Morgan fingerprint density at radius 1 is 1.47 bits per heavy atom. The molecule has 0 saturated heterocycles. The van der Waals surface area contributed by atoms with Gasteiger partial charge >= 0.3 is 0 Å². The van der Waals surface area contributed by atoms with E-state index in [1.807, 2.05) is 12.2 Å². The predicted molar refractivity (Wildman–Crippen MR) is 68.5 cm³/mol. The summed E-state index contributed by atoms with van der Waals surface area (Å²) in [6, 6.07) is 0. The first-order valence-electron chi connectivity index (χ1n) is 6.48. The van der Waals surface area contributed by atoms with E-state index in [1.54, 1.807) is 7.11 Å². The normalized spacial score (nSPS) is 33.0. The highest BCUT2D eigenvalue weighted by atomic mass is 16.5. The number of ether oxygens (including phenoxy) is 1. The molecule has 2 nitrogen and oxygen atoms in total. The molecule has 0 amide bonds. The van der Waals surface area contributed by atoms with Crippen LogP contribution in [-0.2, 0) is 9.53 Å². The van der Waals surface area contributed by atoms with Crippen molar-refractivity contribution in [1.29, 1.82) is 0 Å².